The highest BCUT2D eigenvalue weighted by atomic mass is 16.2. The predicted octanol–water partition coefficient (Wildman–Crippen LogP) is 2.89. The van der Waals surface area contributed by atoms with Gasteiger partial charge in [0.15, 0.2) is 0 Å². The molecular weight excluding hydrogens is 340 g/mol. The summed E-state index contributed by atoms with van der Waals surface area (Å²) < 4.78 is 1.85. The molecule has 0 spiro atoms. The SMILES string of the molecule is C=CC(=O)NCc1nc2ccccc2n1CC(=O)N(CC)c1ccccc1. The summed E-state index contributed by atoms with van der Waals surface area (Å²) in [7, 11) is 0. The zero-order chi connectivity index (χ0) is 19.2. The molecule has 2 amide bonds. The topological polar surface area (TPSA) is 67.2 Å². The van der Waals surface area contributed by atoms with Crippen LogP contribution in [0.3, 0.4) is 0 Å². The molecule has 138 valence electrons. The van der Waals surface area contributed by atoms with Crippen molar-refractivity contribution in [1.29, 1.82) is 0 Å². The molecule has 27 heavy (non-hydrogen) atoms. The van der Waals surface area contributed by atoms with Gasteiger partial charge in [0, 0.05) is 12.2 Å². The molecule has 0 fully saturated rings. The summed E-state index contributed by atoms with van der Waals surface area (Å²) in [6.45, 7) is 6.34. The lowest BCUT2D eigenvalue weighted by Crippen LogP contribution is -2.34. The Hall–Kier alpha value is -3.41. The van der Waals surface area contributed by atoms with Gasteiger partial charge in [0.05, 0.1) is 17.6 Å². The van der Waals surface area contributed by atoms with Gasteiger partial charge >= 0.3 is 0 Å². The molecule has 0 aliphatic carbocycles. The van der Waals surface area contributed by atoms with Crippen molar-refractivity contribution in [2.45, 2.75) is 20.0 Å². The van der Waals surface area contributed by atoms with Crippen LogP contribution in [0, 0.1) is 0 Å². The minimum atomic E-state index is -0.278. The van der Waals surface area contributed by atoms with E-state index in [1.54, 1.807) is 4.90 Å². The predicted molar refractivity (Wildman–Crippen MR) is 106 cm³/mol. The highest BCUT2D eigenvalue weighted by Gasteiger charge is 2.18. The molecule has 3 aromatic rings. The Morgan fingerprint density at radius 1 is 1.15 bits per heavy atom. The molecule has 1 heterocycles. The van der Waals surface area contributed by atoms with Gasteiger partial charge in [-0.15, -0.1) is 0 Å². The first-order chi connectivity index (χ1) is 13.1. The second-order valence-electron chi connectivity index (χ2n) is 6.00. The standard InChI is InChI=1S/C21H22N4O2/c1-3-20(26)22-14-19-23-17-12-8-9-13-18(17)25(19)15-21(27)24(4-2)16-10-6-5-7-11-16/h3,5-13H,1,4,14-15H2,2H3,(H,22,26). The molecule has 3 rings (SSSR count). The lowest BCUT2D eigenvalue weighted by molar-refractivity contribution is -0.119. The van der Waals surface area contributed by atoms with Gasteiger partial charge in [0.2, 0.25) is 11.8 Å². The number of nitrogens with one attached hydrogen (secondary N) is 1. The minimum absolute atomic E-state index is 0.0387. The van der Waals surface area contributed by atoms with Crippen molar-refractivity contribution in [3.63, 3.8) is 0 Å². The van der Waals surface area contributed by atoms with Gasteiger partial charge < -0.3 is 14.8 Å². The number of hydrogen-bond donors (Lipinski definition) is 1. The summed E-state index contributed by atoms with van der Waals surface area (Å²) in [6, 6.07) is 17.2. The van der Waals surface area contributed by atoms with Crippen molar-refractivity contribution in [2.24, 2.45) is 0 Å². The fourth-order valence-corrected chi connectivity index (χ4v) is 3.01. The van der Waals surface area contributed by atoms with Crippen molar-refractivity contribution in [3.8, 4) is 0 Å². The number of carbonyl (C=O) groups excluding carboxylic acids is 2. The highest BCUT2D eigenvalue weighted by Crippen LogP contribution is 2.18. The third-order valence-electron chi connectivity index (χ3n) is 4.32. The first-order valence-electron chi connectivity index (χ1n) is 8.84. The van der Waals surface area contributed by atoms with Gasteiger partial charge in [-0.25, -0.2) is 4.98 Å². The summed E-state index contributed by atoms with van der Waals surface area (Å²) >= 11 is 0. The number of fused-ring (bicyclic) bond motifs is 1. The van der Waals surface area contributed by atoms with Gasteiger partial charge in [0.25, 0.3) is 0 Å². The van der Waals surface area contributed by atoms with E-state index in [0.717, 1.165) is 16.7 Å². The van der Waals surface area contributed by atoms with E-state index in [0.29, 0.717) is 12.4 Å². The monoisotopic (exact) mass is 362 g/mol. The number of anilines is 1. The number of nitrogens with zero attached hydrogens (tertiary/aromatic N) is 3. The molecule has 0 radical (unpaired) electrons. The molecule has 0 saturated heterocycles. The Bertz CT molecular complexity index is 963. The Morgan fingerprint density at radius 2 is 1.85 bits per heavy atom. The van der Waals surface area contributed by atoms with E-state index < -0.39 is 0 Å². The molecule has 6 heteroatoms. The molecular formula is C21H22N4O2. The number of hydrogen-bond acceptors (Lipinski definition) is 3. The third kappa shape index (κ3) is 4.06. The van der Waals surface area contributed by atoms with Crippen molar-refractivity contribution < 1.29 is 9.59 Å². The molecule has 0 atom stereocenters. The molecule has 0 aliphatic heterocycles. The quantitative estimate of drug-likeness (QED) is 0.657. The highest BCUT2D eigenvalue weighted by molar-refractivity contribution is 5.94. The van der Waals surface area contributed by atoms with Gasteiger partial charge in [0.1, 0.15) is 12.4 Å². The van der Waals surface area contributed by atoms with Crippen LogP contribution in [0.25, 0.3) is 11.0 Å². The van der Waals surface area contributed by atoms with Crippen LogP contribution in [0.5, 0.6) is 0 Å². The molecule has 0 bridgehead atoms. The van der Waals surface area contributed by atoms with E-state index in [1.165, 1.54) is 6.08 Å². The smallest absolute Gasteiger partial charge is 0.246 e. The van der Waals surface area contributed by atoms with Crippen molar-refractivity contribution in [2.75, 3.05) is 11.4 Å². The van der Waals surface area contributed by atoms with E-state index in [1.807, 2.05) is 66.1 Å². The van der Waals surface area contributed by atoms with Crippen LogP contribution in [0.4, 0.5) is 5.69 Å². The Morgan fingerprint density at radius 3 is 2.56 bits per heavy atom. The lowest BCUT2D eigenvalue weighted by Gasteiger charge is -2.22. The summed E-state index contributed by atoms with van der Waals surface area (Å²) in [6.07, 6.45) is 1.21. The maximum absolute atomic E-state index is 13.0. The van der Waals surface area contributed by atoms with Crippen LogP contribution in [0.2, 0.25) is 0 Å². The fourth-order valence-electron chi connectivity index (χ4n) is 3.01. The molecule has 0 unspecified atom stereocenters. The van der Waals surface area contributed by atoms with Crippen LogP contribution in [0.1, 0.15) is 12.7 Å². The number of imidazole rings is 1. The van der Waals surface area contributed by atoms with Crippen LogP contribution in [-0.2, 0) is 22.7 Å². The van der Waals surface area contributed by atoms with E-state index >= 15 is 0 Å². The first-order valence-corrected chi connectivity index (χ1v) is 8.84. The molecule has 1 aromatic heterocycles. The fraction of sp³-hybridized carbons (Fsp3) is 0.190. The van der Waals surface area contributed by atoms with E-state index in [-0.39, 0.29) is 24.9 Å². The van der Waals surface area contributed by atoms with E-state index in [4.69, 9.17) is 0 Å². The van der Waals surface area contributed by atoms with E-state index in [9.17, 15) is 9.59 Å². The normalized spacial score (nSPS) is 10.6. The van der Waals surface area contributed by atoms with Gasteiger partial charge in [-0.1, -0.05) is 36.9 Å². The van der Waals surface area contributed by atoms with Crippen molar-refractivity contribution in [3.05, 3.63) is 73.1 Å². The van der Waals surface area contributed by atoms with Crippen LogP contribution in [0.15, 0.2) is 67.3 Å². The molecule has 0 aliphatic rings. The van der Waals surface area contributed by atoms with Gasteiger partial charge in [-0.3, -0.25) is 9.59 Å². The summed E-state index contributed by atoms with van der Waals surface area (Å²) in [5, 5.41) is 2.73. The minimum Gasteiger partial charge on any atom is -0.345 e. The number of para-hydroxylation sites is 3. The number of aromatic nitrogens is 2. The van der Waals surface area contributed by atoms with Crippen LogP contribution < -0.4 is 10.2 Å². The van der Waals surface area contributed by atoms with Crippen LogP contribution in [-0.4, -0.2) is 27.9 Å². The maximum Gasteiger partial charge on any atom is 0.246 e. The summed E-state index contributed by atoms with van der Waals surface area (Å²) in [5.41, 5.74) is 2.50. The second-order valence-corrected chi connectivity index (χ2v) is 6.00. The Labute approximate surface area is 158 Å². The second kappa shape index (κ2) is 8.31. The number of amides is 2. The molecule has 6 nitrogen and oxygen atoms in total. The summed E-state index contributed by atoms with van der Waals surface area (Å²) in [4.78, 5) is 30.8. The number of rotatable bonds is 7. The number of benzene rings is 2. The number of likely N-dealkylation sites (N-methyl/N-ethyl adjacent to an activating group) is 1. The number of carbonyl (C=O) groups is 2. The zero-order valence-electron chi connectivity index (χ0n) is 15.3. The lowest BCUT2D eigenvalue weighted by atomic mass is 10.2. The molecule has 2 aromatic carbocycles. The first kappa shape index (κ1) is 18.4. The maximum atomic E-state index is 13.0. The largest absolute Gasteiger partial charge is 0.345 e. The summed E-state index contributed by atoms with van der Waals surface area (Å²) in [5.74, 6) is 0.311. The van der Waals surface area contributed by atoms with Gasteiger partial charge in [-0.05, 0) is 37.3 Å². The molecule has 0 saturated carbocycles. The van der Waals surface area contributed by atoms with Gasteiger partial charge in [-0.2, -0.15) is 0 Å². The Kier molecular flexibility index (Phi) is 5.66. The third-order valence-corrected chi connectivity index (χ3v) is 4.32. The van der Waals surface area contributed by atoms with Crippen molar-refractivity contribution in [1.82, 2.24) is 14.9 Å². The average molecular weight is 362 g/mol. The van der Waals surface area contributed by atoms with Crippen molar-refractivity contribution >= 4 is 28.5 Å². The van der Waals surface area contributed by atoms with E-state index in [2.05, 4.69) is 16.9 Å². The Balaban J connectivity index is 1.91. The zero-order valence-corrected chi connectivity index (χ0v) is 15.3. The average Bonchev–Trinajstić information content (AvgIpc) is 3.05. The van der Waals surface area contributed by atoms with Crippen LogP contribution >= 0.6 is 0 Å². The molecule has 1 N–H and O–H groups in total.